The van der Waals surface area contributed by atoms with Crippen molar-refractivity contribution >= 4 is 17.9 Å². The van der Waals surface area contributed by atoms with E-state index in [2.05, 4.69) is 69.4 Å². The maximum atomic E-state index is 12.7. The second-order valence-electron chi connectivity index (χ2n) is 14.6. The molecule has 0 aliphatic rings. The molecule has 0 N–H and O–H groups in total. The van der Waals surface area contributed by atoms with Crippen LogP contribution in [0.25, 0.3) is 0 Å². The van der Waals surface area contributed by atoms with Crippen LogP contribution < -0.4 is 0 Å². The first-order chi connectivity index (χ1) is 26.0. The largest absolute Gasteiger partial charge is 0.462 e. The maximum Gasteiger partial charge on any atom is 0.306 e. The lowest BCUT2D eigenvalue weighted by atomic mass is 10.0. The van der Waals surface area contributed by atoms with Crippen molar-refractivity contribution < 1.29 is 28.6 Å². The van der Waals surface area contributed by atoms with Crippen LogP contribution in [-0.2, 0) is 28.6 Å². The van der Waals surface area contributed by atoms with Gasteiger partial charge in [0.2, 0.25) is 0 Å². The maximum absolute atomic E-state index is 12.7. The fourth-order valence-corrected chi connectivity index (χ4v) is 5.98. The Bertz CT molecular complexity index is 949. The Balaban J connectivity index is 4.43. The molecule has 0 rings (SSSR count). The molecule has 53 heavy (non-hydrogen) atoms. The first-order valence-corrected chi connectivity index (χ1v) is 22.2. The zero-order valence-corrected chi connectivity index (χ0v) is 34.8. The second-order valence-corrected chi connectivity index (χ2v) is 14.6. The highest BCUT2D eigenvalue weighted by molar-refractivity contribution is 5.71. The number of esters is 3. The smallest absolute Gasteiger partial charge is 0.306 e. The molecule has 6 heteroatoms. The topological polar surface area (TPSA) is 78.9 Å². The van der Waals surface area contributed by atoms with Crippen LogP contribution in [0.5, 0.6) is 0 Å². The quantitative estimate of drug-likeness (QED) is 0.0205. The summed E-state index contributed by atoms with van der Waals surface area (Å²) in [6.07, 6.45) is 48.1. The molecule has 0 aliphatic carbocycles. The minimum Gasteiger partial charge on any atom is -0.462 e. The standard InChI is InChI=1S/C47H82O6/c1-4-7-10-13-16-19-22-25-28-31-34-37-40-46(49)52-43-44(42-51-45(48)39-36-33-30-27-24-21-18-15-12-9-6-3)53-47(50)41-38-35-32-29-26-23-20-17-14-11-8-5-2/h7,10,15-16,18-19,21,24,44H,4-6,8-9,11-14,17,20,22-23,25-43H2,1-3H3/b10-7-,18-15-,19-16-,24-21-. The summed E-state index contributed by atoms with van der Waals surface area (Å²) < 4.78 is 16.6. The molecule has 6 nitrogen and oxygen atoms in total. The summed E-state index contributed by atoms with van der Waals surface area (Å²) in [7, 11) is 0. The molecular weight excluding hydrogens is 661 g/mol. The van der Waals surface area contributed by atoms with Crippen molar-refractivity contribution in [2.24, 2.45) is 0 Å². The van der Waals surface area contributed by atoms with Crippen LogP contribution >= 0.6 is 0 Å². The summed E-state index contributed by atoms with van der Waals surface area (Å²) in [4.78, 5) is 37.6. The molecule has 0 heterocycles. The normalized spacial score (nSPS) is 12.4. The molecule has 0 amide bonds. The Morgan fingerprint density at radius 2 is 0.811 bits per heavy atom. The number of hydrogen-bond acceptors (Lipinski definition) is 6. The van der Waals surface area contributed by atoms with E-state index < -0.39 is 6.10 Å². The Morgan fingerprint density at radius 1 is 0.415 bits per heavy atom. The molecule has 0 radical (unpaired) electrons. The van der Waals surface area contributed by atoms with Gasteiger partial charge in [0.05, 0.1) is 0 Å². The van der Waals surface area contributed by atoms with Gasteiger partial charge in [0, 0.05) is 19.3 Å². The van der Waals surface area contributed by atoms with Gasteiger partial charge in [-0.25, -0.2) is 0 Å². The molecule has 1 atom stereocenters. The summed E-state index contributed by atoms with van der Waals surface area (Å²) in [5, 5.41) is 0. The van der Waals surface area contributed by atoms with Gasteiger partial charge in [-0.15, -0.1) is 0 Å². The monoisotopic (exact) mass is 743 g/mol. The van der Waals surface area contributed by atoms with Gasteiger partial charge in [0.1, 0.15) is 13.2 Å². The zero-order valence-electron chi connectivity index (χ0n) is 34.8. The van der Waals surface area contributed by atoms with Crippen LogP contribution in [0.4, 0.5) is 0 Å². The molecular formula is C47H82O6. The highest BCUT2D eigenvalue weighted by atomic mass is 16.6. The Morgan fingerprint density at radius 3 is 1.32 bits per heavy atom. The van der Waals surface area contributed by atoms with E-state index in [-0.39, 0.29) is 31.1 Å². The van der Waals surface area contributed by atoms with E-state index in [9.17, 15) is 14.4 Å². The number of allylic oxidation sites excluding steroid dienone is 8. The van der Waals surface area contributed by atoms with Gasteiger partial charge in [-0.3, -0.25) is 14.4 Å². The van der Waals surface area contributed by atoms with Crippen LogP contribution in [0.1, 0.15) is 213 Å². The average molecular weight is 743 g/mol. The predicted molar refractivity (Wildman–Crippen MR) is 224 cm³/mol. The van der Waals surface area contributed by atoms with Crippen molar-refractivity contribution in [3.05, 3.63) is 48.6 Å². The Labute approximate surface area is 327 Å². The molecule has 0 saturated carbocycles. The number of carbonyl (C=O) groups excluding carboxylic acids is 3. The van der Waals surface area contributed by atoms with E-state index in [1.165, 1.54) is 70.6 Å². The van der Waals surface area contributed by atoms with E-state index in [0.29, 0.717) is 19.3 Å². The van der Waals surface area contributed by atoms with Gasteiger partial charge < -0.3 is 14.2 Å². The zero-order chi connectivity index (χ0) is 38.7. The SMILES string of the molecule is CC/C=C\C/C=C\CCCCCCCC(=O)OCC(COC(=O)CCCCC/C=C\C=C/CCCC)OC(=O)CCCCCCCCCCCCCC. The van der Waals surface area contributed by atoms with Gasteiger partial charge in [-0.2, -0.15) is 0 Å². The molecule has 0 aliphatic heterocycles. The first kappa shape index (κ1) is 50.4. The molecule has 0 fully saturated rings. The van der Waals surface area contributed by atoms with Crippen molar-refractivity contribution in [2.45, 2.75) is 219 Å². The number of ether oxygens (including phenoxy) is 3. The highest BCUT2D eigenvalue weighted by Crippen LogP contribution is 2.14. The number of unbranched alkanes of at least 4 members (excludes halogenated alkanes) is 21. The van der Waals surface area contributed by atoms with Gasteiger partial charge in [0.25, 0.3) is 0 Å². The van der Waals surface area contributed by atoms with Crippen LogP contribution in [0.2, 0.25) is 0 Å². The van der Waals surface area contributed by atoms with Crippen molar-refractivity contribution in [1.82, 2.24) is 0 Å². The average Bonchev–Trinajstić information content (AvgIpc) is 3.15. The summed E-state index contributed by atoms with van der Waals surface area (Å²) in [5.41, 5.74) is 0. The van der Waals surface area contributed by atoms with Gasteiger partial charge in [0.15, 0.2) is 6.10 Å². The molecule has 0 aromatic heterocycles. The van der Waals surface area contributed by atoms with Crippen molar-refractivity contribution in [3.8, 4) is 0 Å². The van der Waals surface area contributed by atoms with Crippen LogP contribution in [-0.4, -0.2) is 37.2 Å². The molecule has 0 saturated heterocycles. The van der Waals surface area contributed by atoms with Crippen molar-refractivity contribution in [3.63, 3.8) is 0 Å². The van der Waals surface area contributed by atoms with E-state index >= 15 is 0 Å². The van der Waals surface area contributed by atoms with Crippen molar-refractivity contribution in [1.29, 1.82) is 0 Å². The second kappa shape index (κ2) is 42.1. The third kappa shape index (κ3) is 40.4. The lowest BCUT2D eigenvalue weighted by Gasteiger charge is -2.18. The number of hydrogen-bond donors (Lipinski definition) is 0. The fourth-order valence-electron chi connectivity index (χ4n) is 5.98. The third-order valence-electron chi connectivity index (χ3n) is 9.35. The third-order valence-corrected chi connectivity index (χ3v) is 9.35. The summed E-state index contributed by atoms with van der Waals surface area (Å²) in [5.74, 6) is -0.932. The van der Waals surface area contributed by atoms with Crippen LogP contribution in [0.15, 0.2) is 48.6 Å². The predicted octanol–water partition coefficient (Wildman–Crippen LogP) is 14.0. The molecule has 0 aromatic carbocycles. The lowest BCUT2D eigenvalue weighted by molar-refractivity contribution is -0.167. The van der Waals surface area contributed by atoms with E-state index in [4.69, 9.17) is 14.2 Å². The van der Waals surface area contributed by atoms with E-state index in [0.717, 1.165) is 103 Å². The summed E-state index contributed by atoms with van der Waals surface area (Å²) in [6, 6.07) is 0. The highest BCUT2D eigenvalue weighted by Gasteiger charge is 2.19. The molecule has 0 aromatic rings. The summed E-state index contributed by atoms with van der Waals surface area (Å²) in [6.45, 7) is 6.42. The summed E-state index contributed by atoms with van der Waals surface area (Å²) >= 11 is 0. The van der Waals surface area contributed by atoms with Crippen molar-refractivity contribution in [2.75, 3.05) is 13.2 Å². The number of rotatable bonds is 39. The number of carbonyl (C=O) groups is 3. The minimum absolute atomic E-state index is 0.0880. The van der Waals surface area contributed by atoms with E-state index in [1.807, 2.05) is 0 Å². The van der Waals surface area contributed by atoms with Crippen LogP contribution in [0, 0.1) is 0 Å². The Kier molecular flexibility index (Phi) is 40.0. The lowest BCUT2D eigenvalue weighted by Crippen LogP contribution is -2.30. The molecule has 306 valence electrons. The Hall–Kier alpha value is -2.63. The minimum atomic E-state index is -0.784. The molecule has 0 spiro atoms. The van der Waals surface area contributed by atoms with E-state index in [1.54, 1.807) is 0 Å². The van der Waals surface area contributed by atoms with Gasteiger partial charge in [-0.1, -0.05) is 179 Å². The first-order valence-electron chi connectivity index (χ1n) is 22.2. The fraction of sp³-hybridized carbons (Fsp3) is 0.766. The van der Waals surface area contributed by atoms with Crippen LogP contribution in [0.3, 0.4) is 0 Å². The van der Waals surface area contributed by atoms with Gasteiger partial charge >= 0.3 is 17.9 Å². The van der Waals surface area contributed by atoms with Gasteiger partial charge in [-0.05, 0) is 64.2 Å². The molecule has 0 bridgehead atoms. The molecule has 1 unspecified atom stereocenters.